The summed E-state index contributed by atoms with van der Waals surface area (Å²) in [5.74, 6) is -2.95. The number of rotatable bonds is 6. The van der Waals surface area contributed by atoms with Gasteiger partial charge in [-0.25, -0.2) is 4.98 Å². The molecule has 178 valence electrons. The normalized spacial score (nSPS) is 21.6. The molecule has 0 radical (unpaired) electrons. The Morgan fingerprint density at radius 3 is 2.21 bits per heavy atom. The van der Waals surface area contributed by atoms with E-state index in [9.17, 15) is 18.8 Å². The summed E-state index contributed by atoms with van der Waals surface area (Å²) < 4.78 is 36.3. The van der Waals surface area contributed by atoms with Gasteiger partial charge in [0.25, 0.3) is 5.95 Å². The fourth-order valence-corrected chi connectivity index (χ4v) is 4.55. The number of aromatic nitrogens is 1. The number of hydrogen-bond donors (Lipinski definition) is 0. The van der Waals surface area contributed by atoms with Crippen molar-refractivity contribution < 1.29 is 37.7 Å². The molecule has 0 unspecified atom stereocenters. The monoisotopic (exact) mass is 488 g/mol. The Morgan fingerprint density at radius 2 is 1.62 bits per heavy atom. The Hall–Kier alpha value is -3.65. The van der Waals surface area contributed by atoms with Crippen molar-refractivity contribution in [2.75, 3.05) is 5.75 Å². The maximum absolute atomic E-state index is 14.6. The van der Waals surface area contributed by atoms with Crippen LogP contribution in [0.3, 0.4) is 0 Å². The maximum atomic E-state index is 14.6. The number of nitrogens with zero attached hydrogens (tertiary/aromatic N) is 2. The van der Waals surface area contributed by atoms with E-state index in [1.165, 1.54) is 19.2 Å². The number of nitriles is 1. The number of benzene rings is 1. The molecule has 3 rings (SSSR count). The van der Waals surface area contributed by atoms with E-state index < -0.39 is 47.6 Å². The highest BCUT2D eigenvalue weighted by Gasteiger charge is 2.48. The third-order valence-electron chi connectivity index (χ3n) is 4.70. The summed E-state index contributed by atoms with van der Waals surface area (Å²) in [6.45, 7) is 3.53. The number of carbonyl (C=O) groups is 3. The molecule has 0 N–H and O–H groups in total. The molecule has 0 saturated carbocycles. The number of thioether (sulfide) groups is 1. The van der Waals surface area contributed by atoms with Crippen LogP contribution in [0.4, 0.5) is 4.39 Å². The quantitative estimate of drug-likeness (QED) is 0.340. The lowest BCUT2D eigenvalue weighted by Crippen LogP contribution is -2.55. The number of pyridine rings is 1. The molecule has 2 aromatic rings. The van der Waals surface area contributed by atoms with Crippen LogP contribution < -0.4 is 4.74 Å². The lowest BCUT2D eigenvalue weighted by molar-refractivity contribution is -0.186. The molecule has 1 aromatic carbocycles. The van der Waals surface area contributed by atoms with E-state index >= 15 is 0 Å². The van der Waals surface area contributed by atoms with Gasteiger partial charge in [-0.2, -0.15) is 9.65 Å². The third-order valence-corrected chi connectivity index (χ3v) is 5.92. The molecule has 1 fully saturated rings. The Bertz CT molecular complexity index is 1120. The molecule has 1 aliphatic rings. The highest BCUT2D eigenvalue weighted by molar-refractivity contribution is 7.99. The summed E-state index contributed by atoms with van der Waals surface area (Å²) in [6.07, 6.45) is -1.93. The molecule has 1 aromatic heterocycles. The van der Waals surface area contributed by atoms with Gasteiger partial charge < -0.3 is 18.9 Å². The zero-order valence-corrected chi connectivity index (χ0v) is 19.3. The topological polar surface area (TPSA) is 125 Å². The summed E-state index contributed by atoms with van der Waals surface area (Å²) in [5.41, 5.74) is 0.682. The van der Waals surface area contributed by atoms with Crippen LogP contribution in [-0.4, -0.2) is 52.4 Å². The first-order valence-corrected chi connectivity index (χ1v) is 11.2. The fraction of sp³-hybridized carbons (Fsp3) is 0.348. The largest absolute Gasteiger partial charge is 0.471 e. The van der Waals surface area contributed by atoms with Crippen LogP contribution in [0.15, 0.2) is 36.5 Å². The van der Waals surface area contributed by atoms with Gasteiger partial charge in [-0.1, -0.05) is 12.1 Å². The third kappa shape index (κ3) is 6.23. The average molecular weight is 488 g/mol. The standard InChI is InChI=1S/C23H21FN2O7S/c1-12(27)30-19-11-34-23(21(32-14(3)29)20(19)31-13(2)28)33-18-8-17(10-26-22(18)24)16-6-4-15(9-25)5-7-16/h4-8,10,19-21,23H,11H2,1-3H3/t19-,20+,21-,23-/m1/s1. The summed E-state index contributed by atoms with van der Waals surface area (Å²) in [4.78, 5) is 38.7. The van der Waals surface area contributed by atoms with Gasteiger partial charge in [-0.3, -0.25) is 14.4 Å². The van der Waals surface area contributed by atoms with Crippen LogP contribution in [0.25, 0.3) is 11.1 Å². The van der Waals surface area contributed by atoms with E-state index in [1.54, 1.807) is 24.3 Å². The van der Waals surface area contributed by atoms with Gasteiger partial charge in [-0.15, -0.1) is 11.8 Å². The highest BCUT2D eigenvalue weighted by Crippen LogP contribution is 2.35. The van der Waals surface area contributed by atoms with Crippen LogP contribution in [0.1, 0.15) is 26.3 Å². The van der Waals surface area contributed by atoms with Gasteiger partial charge in [0.05, 0.1) is 11.6 Å². The Morgan fingerprint density at radius 1 is 1.00 bits per heavy atom. The van der Waals surface area contributed by atoms with Crippen LogP contribution >= 0.6 is 11.8 Å². The van der Waals surface area contributed by atoms with Crippen molar-refractivity contribution in [2.24, 2.45) is 0 Å². The molecule has 0 aliphatic carbocycles. The van der Waals surface area contributed by atoms with Crippen molar-refractivity contribution in [3.8, 4) is 22.9 Å². The first kappa shape index (κ1) is 25.0. The van der Waals surface area contributed by atoms with E-state index in [0.717, 1.165) is 25.6 Å². The first-order chi connectivity index (χ1) is 16.2. The molecule has 4 atom stereocenters. The predicted molar refractivity (Wildman–Crippen MR) is 118 cm³/mol. The van der Waals surface area contributed by atoms with Crippen LogP contribution in [0.2, 0.25) is 0 Å². The Kier molecular flexibility index (Phi) is 8.07. The molecule has 9 nitrogen and oxygen atoms in total. The van der Waals surface area contributed by atoms with Gasteiger partial charge in [-0.05, 0) is 23.8 Å². The van der Waals surface area contributed by atoms with E-state index in [0.29, 0.717) is 16.7 Å². The Balaban J connectivity index is 1.91. The van der Waals surface area contributed by atoms with Crippen molar-refractivity contribution >= 4 is 29.7 Å². The molecule has 11 heteroatoms. The first-order valence-electron chi connectivity index (χ1n) is 10.1. The number of ether oxygens (including phenoxy) is 4. The smallest absolute Gasteiger partial charge is 0.303 e. The van der Waals surface area contributed by atoms with E-state index in [2.05, 4.69) is 4.98 Å². The maximum Gasteiger partial charge on any atom is 0.303 e. The van der Waals surface area contributed by atoms with Crippen LogP contribution in [-0.2, 0) is 28.6 Å². The summed E-state index contributed by atoms with van der Waals surface area (Å²) >= 11 is 1.11. The molecular formula is C23H21FN2O7S. The van der Waals surface area contributed by atoms with Gasteiger partial charge in [0, 0.05) is 38.3 Å². The number of halogens is 1. The minimum Gasteiger partial charge on any atom is -0.471 e. The second kappa shape index (κ2) is 11.0. The van der Waals surface area contributed by atoms with E-state index in [-0.39, 0.29) is 11.5 Å². The molecule has 1 aliphatic heterocycles. The molecule has 1 saturated heterocycles. The second-order valence-electron chi connectivity index (χ2n) is 7.32. The van der Waals surface area contributed by atoms with E-state index in [4.69, 9.17) is 24.2 Å². The summed E-state index contributed by atoms with van der Waals surface area (Å²) in [7, 11) is 0. The zero-order valence-electron chi connectivity index (χ0n) is 18.5. The zero-order chi connectivity index (χ0) is 24.8. The Labute approximate surface area is 199 Å². The lowest BCUT2D eigenvalue weighted by Gasteiger charge is -2.39. The molecule has 0 amide bonds. The minimum absolute atomic E-state index is 0.143. The fourth-order valence-electron chi connectivity index (χ4n) is 3.34. The number of esters is 3. The highest BCUT2D eigenvalue weighted by atomic mass is 32.2. The summed E-state index contributed by atoms with van der Waals surface area (Å²) in [5, 5.41) is 8.96. The average Bonchev–Trinajstić information content (AvgIpc) is 2.78. The van der Waals surface area contributed by atoms with Crippen LogP contribution in [0.5, 0.6) is 5.75 Å². The van der Waals surface area contributed by atoms with Gasteiger partial charge in [0.1, 0.15) is 0 Å². The molecule has 0 spiro atoms. The van der Waals surface area contributed by atoms with Crippen molar-refractivity contribution in [1.29, 1.82) is 5.26 Å². The van der Waals surface area contributed by atoms with Crippen LogP contribution in [0, 0.1) is 17.3 Å². The van der Waals surface area contributed by atoms with Gasteiger partial charge in [0.15, 0.2) is 29.5 Å². The summed E-state index contributed by atoms with van der Waals surface area (Å²) in [6, 6.07) is 10.1. The minimum atomic E-state index is -1.19. The van der Waals surface area contributed by atoms with E-state index in [1.807, 2.05) is 6.07 Å². The van der Waals surface area contributed by atoms with Crippen molar-refractivity contribution in [3.05, 3.63) is 48.0 Å². The van der Waals surface area contributed by atoms with Gasteiger partial charge >= 0.3 is 17.9 Å². The SMILES string of the molecule is CC(=O)O[C@@H]1[C@@H](OC(C)=O)[C@H](OC(C)=O)CS[C@H]1Oc1cc(-c2ccc(C#N)cc2)cnc1F. The van der Waals surface area contributed by atoms with Crippen molar-refractivity contribution in [2.45, 2.75) is 44.5 Å². The van der Waals surface area contributed by atoms with Gasteiger partial charge in [0.2, 0.25) is 0 Å². The second-order valence-corrected chi connectivity index (χ2v) is 8.45. The molecular weight excluding hydrogens is 467 g/mol. The predicted octanol–water partition coefficient (Wildman–Crippen LogP) is 3.01. The molecule has 34 heavy (non-hydrogen) atoms. The van der Waals surface area contributed by atoms with Crippen molar-refractivity contribution in [3.63, 3.8) is 0 Å². The molecule has 2 heterocycles. The number of hydrogen-bond acceptors (Lipinski definition) is 10. The van der Waals surface area contributed by atoms with Crippen molar-refractivity contribution in [1.82, 2.24) is 4.98 Å². The number of carbonyl (C=O) groups excluding carboxylic acids is 3. The lowest BCUT2D eigenvalue weighted by atomic mass is 10.1. The molecule has 0 bridgehead atoms.